The molecule has 0 unspecified atom stereocenters. The van der Waals surface area contributed by atoms with E-state index < -0.39 is 0 Å². The van der Waals surface area contributed by atoms with Crippen LogP contribution in [0.15, 0.2) is 43.2 Å². The molecule has 102 valence electrons. The highest BCUT2D eigenvalue weighted by atomic mass is 15.0. The van der Waals surface area contributed by atoms with Crippen LogP contribution in [-0.2, 0) is 0 Å². The molecule has 5 aromatic heterocycles. The van der Waals surface area contributed by atoms with Gasteiger partial charge in [-0.1, -0.05) is 0 Å². The van der Waals surface area contributed by atoms with Crippen LogP contribution in [0.25, 0.3) is 44.1 Å². The minimum atomic E-state index is 0.611. The molecular weight excluding hydrogens is 278 g/mol. The maximum absolute atomic E-state index is 4.53. The quantitative estimate of drug-likeness (QED) is 0.402. The van der Waals surface area contributed by atoms with Gasteiger partial charge >= 0.3 is 0 Å². The molecule has 22 heavy (non-hydrogen) atoms. The third-order valence-electron chi connectivity index (χ3n) is 3.52. The number of hydrogen-bond acceptors (Lipinski definition) is 7. The predicted molar refractivity (Wildman–Crippen MR) is 81.0 cm³/mol. The van der Waals surface area contributed by atoms with Crippen molar-refractivity contribution in [3.8, 4) is 0 Å². The van der Waals surface area contributed by atoms with E-state index in [0.29, 0.717) is 22.6 Å². The molecule has 0 aliphatic rings. The van der Waals surface area contributed by atoms with E-state index >= 15 is 0 Å². The molecule has 5 aromatic rings. The van der Waals surface area contributed by atoms with E-state index in [1.54, 1.807) is 12.4 Å². The first-order valence-electron chi connectivity index (χ1n) is 6.65. The first-order valence-corrected chi connectivity index (χ1v) is 6.65. The molecule has 0 aliphatic heterocycles. The third-order valence-corrected chi connectivity index (χ3v) is 3.52. The summed E-state index contributed by atoms with van der Waals surface area (Å²) in [5.74, 6) is 0. The maximum Gasteiger partial charge on any atom is 0.164 e. The van der Waals surface area contributed by atoms with Gasteiger partial charge in [-0.2, -0.15) is 0 Å². The van der Waals surface area contributed by atoms with Gasteiger partial charge in [0.1, 0.15) is 12.7 Å². The summed E-state index contributed by atoms with van der Waals surface area (Å²) in [6.45, 7) is 0. The number of aromatic nitrogens is 7. The molecule has 0 aromatic carbocycles. The van der Waals surface area contributed by atoms with Gasteiger partial charge in [0, 0.05) is 33.9 Å². The van der Waals surface area contributed by atoms with Crippen LogP contribution in [0.3, 0.4) is 0 Å². The summed E-state index contributed by atoms with van der Waals surface area (Å²) in [6.07, 6.45) is 6.44. The number of rotatable bonds is 0. The van der Waals surface area contributed by atoms with E-state index in [0.717, 1.165) is 21.5 Å². The Kier molecular flexibility index (Phi) is 2.10. The zero-order valence-electron chi connectivity index (χ0n) is 11.2. The summed E-state index contributed by atoms with van der Waals surface area (Å²) >= 11 is 0. The van der Waals surface area contributed by atoms with Crippen LogP contribution < -0.4 is 0 Å². The minimum absolute atomic E-state index is 0.611. The summed E-state index contributed by atoms with van der Waals surface area (Å²) in [5, 5.41) is 3.61. The first kappa shape index (κ1) is 11.3. The molecule has 0 spiro atoms. The Morgan fingerprint density at radius 3 is 1.50 bits per heavy atom. The fourth-order valence-corrected chi connectivity index (χ4v) is 2.51. The Bertz CT molecular complexity index is 1000. The number of pyridine rings is 3. The van der Waals surface area contributed by atoms with Crippen molar-refractivity contribution in [3.05, 3.63) is 43.2 Å². The Morgan fingerprint density at radius 1 is 0.500 bits per heavy atom. The second-order valence-corrected chi connectivity index (χ2v) is 4.93. The molecule has 0 fully saturated rings. The number of nitrogens with zero attached hydrogens (tertiary/aromatic N) is 7. The second-order valence-electron chi connectivity index (χ2n) is 4.93. The van der Waals surface area contributed by atoms with E-state index in [-0.39, 0.29) is 0 Å². The molecule has 0 saturated heterocycles. The first-order chi connectivity index (χ1) is 10.9. The Labute approximate surface area is 123 Å². The van der Waals surface area contributed by atoms with Crippen molar-refractivity contribution in [2.75, 3.05) is 0 Å². The summed E-state index contributed by atoms with van der Waals surface area (Å²) in [5.41, 5.74) is 2.47. The Balaban J connectivity index is 1.93. The van der Waals surface area contributed by atoms with E-state index in [2.05, 4.69) is 34.9 Å². The lowest BCUT2D eigenvalue weighted by Gasteiger charge is -2.03. The maximum atomic E-state index is 4.53. The van der Waals surface area contributed by atoms with Crippen LogP contribution >= 0.6 is 0 Å². The van der Waals surface area contributed by atoms with Gasteiger partial charge in [0.25, 0.3) is 0 Å². The Hall–Kier alpha value is -3.35. The van der Waals surface area contributed by atoms with Crippen LogP contribution in [0.4, 0.5) is 0 Å². The van der Waals surface area contributed by atoms with E-state index in [1.165, 1.54) is 12.7 Å². The highest BCUT2D eigenvalue weighted by molar-refractivity contribution is 5.97. The molecule has 5 rings (SSSR count). The van der Waals surface area contributed by atoms with Crippen molar-refractivity contribution in [1.29, 1.82) is 0 Å². The van der Waals surface area contributed by atoms with E-state index in [9.17, 15) is 0 Å². The van der Waals surface area contributed by atoms with Crippen molar-refractivity contribution >= 4 is 44.1 Å². The van der Waals surface area contributed by atoms with E-state index in [4.69, 9.17) is 0 Å². The molecular formula is C15H7N7. The van der Waals surface area contributed by atoms with Crippen LogP contribution in [-0.4, -0.2) is 34.9 Å². The highest BCUT2D eigenvalue weighted by Crippen LogP contribution is 2.22. The summed E-state index contributed by atoms with van der Waals surface area (Å²) < 4.78 is 0. The lowest BCUT2D eigenvalue weighted by molar-refractivity contribution is 1.17. The van der Waals surface area contributed by atoms with Crippen LogP contribution in [0.5, 0.6) is 0 Å². The van der Waals surface area contributed by atoms with Crippen LogP contribution in [0.1, 0.15) is 0 Å². The fraction of sp³-hybridized carbons (Fsp3) is 0. The third kappa shape index (κ3) is 1.59. The second kappa shape index (κ2) is 4.08. The molecule has 7 heteroatoms. The van der Waals surface area contributed by atoms with E-state index in [1.807, 2.05) is 18.2 Å². The molecule has 0 N–H and O–H groups in total. The molecule has 0 radical (unpaired) electrons. The van der Waals surface area contributed by atoms with Crippen LogP contribution in [0.2, 0.25) is 0 Å². The fourth-order valence-electron chi connectivity index (χ4n) is 2.51. The summed E-state index contributed by atoms with van der Waals surface area (Å²) in [4.78, 5) is 29.8. The van der Waals surface area contributed by atoms with Crippen LogP contribution in [0, 0.1) is 0 Å². The number of fused-ring (bicyclic) bond motifs is 4. The van der Waals surface area contributed by atoms with Gasteiger partial charge in [-0.3, -0.25) is 0 Å². The zero-order chi connectivity index (χ0) is 14.5. The average Bonchev–Trinajstić information content (AvgIpc) is 2.56. The largest absolute Gasteiger partial charge is 0.244 e. The molecule has 0 aliphatic carbocycles. The van der Waals surface area contributed by atoms with Crippen molar-refractivity contribution in [2.24, 2.45) is 0 Å². The number of hydrogen-bond donors (Lipinski definition) is 0. The minimum Gasteiger partial charge on any atom is -0.244 e. The predicted octanol–water partition coefficient (Wildman–Crippen LogP) is 2.06. The molecule has 5 heterocycles. The summed E-state index contributed by atoms with van der Waals surface area (Å²) in [6, 6.07) is 5.97. The van der Waals surface area contributed by atoms with Gasteiger partial charge in [0.05, 0.1) is 0 Å². The topological polar surface area (TPSA) is 90.2 Å². The average molecular weight is 285 g/mol. The van der Waals surface area contributed by atoms with Gasteiger partial charge in [-0.15, -0.1) is 0 Å². The standard InChI is InChI=1S/C15H7N7/c1-8-2-10-4-16-6-18-12(10)20-14(8)22-15-9(1)3-11-5-17-7-19-13(11)21-15/h1-7H. The smallest absolute Gasteiger partial charge is 0.164 e. The highest BCUT2D eigenvalue weighted by Gasteiger charge is 2.07. The van der Waals surface area contributed by atoms with Gasteiger partial charge in [-0.25, -0.2) is 34.9 Å². The molecule has 0 amide bonds. The molecule has 0 saturated carbocycles. The SMILES string of the molecule is c1ncc2cc3cc4cc5cncnc5nc4nc3nc2n1. The van der Waals surface area contributed by atoms with Crippen molar-refractivity contribution in [2.45, 2.75) is 0 Å². The van der Waals surface area contributed by atoms with Crippen molar-refractivity contribution in [1.82, 2.24) is 34.9 Å². The van der Waals surface area contributed by atoms with Gasteiger partial charge in [0.15, 0.2) is 22.6 Å². The van der Waals surface area contributed by atoms with Gasteiger partial charge in [-0.05, 0) is 18.2 Å². The lowest BCUT2D eigenvalue weighted by atomic mass is 10.2. The van der Waals surface area contributed by atoms with Gasteiger partial charge < -0.3 is 0 Å². The summed E-state index contributed by atoms with van der Waals surface area (Å²) in [7, 11) is 0. The van der Waals surface area contributed by atoms with Crippen molar-refractivity contribution in [3.63, 3.8) is 0 Å². The Morgan fingerprint density at radius 2 is 0.955 bits per heavy atom. The van der Waals surface area contributed by atoms with Gasteiger partial charge in [0.2, 0.25) is 0 Å². The van der Waals surface area contributed by atoms with Crippen molar-refractivity contribution < 1.29 is 0 Å². The molecule has 0 atom stereocenters. The lowest BCUT2D eigenvalue weighted by Crippen LogP contribution is -1.93. The normalized spacial score (nSPS) is 11.6. The molecule has 0 bridgehead atoms. The monoisotopic (exact) mass is 285 g/mol. The molecule has 7 nitrogen and oxygen atoms in total. The zero-order valence-corrected chi connectivity index (χ0v) is 11.2.